The molecule has 4 nitrogen and oxygen atoms in total. The zero-order chi connectivity index (χ0) is 18.0. The van der Waals surface area contributed by atoms with Crippen LogP contribution in [0.2, 0.25) is 0 Å². The smallest absolute Gasteiger partial charge is 0.184 e. The van der Waals surface area contributed by atoms with Crippen LogP contribution in [0.25, 0.3) is 0 Å². The van der Waals surface area contributed by atoms with E-state index in [2.05, 4.69) is 48.0 Å². The van der Waals surface area contributed by atoms with Gasteiger partial charge in [-0.15, -0.1) is 0 Å². The third-order valence-electron chi connectivity index (χ3n) is 6.52. The van der Waals surface area contributed by atoms with Gasteiger partial charge in [-0.1, -0.05) is 35.8 Å². The van der Waals surface area contributed by atoms with Crippen molar-refractivity contribution in [1.82, 2.24) is 0 Å². The summed E-state index contributed by atoms with van der Waals surface area (Å²) in [7, 11) is 1.83. The summed E-state index contributed by atoms with van der Waals surface area (Å²) in [5.41, 5.74) is 9.07. The number of hydrogen-bond acceptors (Lipinski definition) is 4. The van der Waals surface area contributed by atoms with Crippen molar-refractivity contribution in [2.24, 2.45) is 33.0 Å². The molecule has 2 N–H and O–H groups in total. The summed E-state index contributed by atoms with van der Waals surface area (Å²) in [6.07, 6.45) is 3.41. The molecular formula is C20H26BrN3O. The average Bonchev–Trinajstić information content (AvgIpc) is 2.96. The van der Waals surface area contributed by atoms with Crippen LogP contribution in [0.15, 0.2) is 32.7 Å². The number of ether oxygens (including phenoxy) is 1. The fourth-order valence-electron chi connectivity index (χ4n) is 5.74. The number of hydrogen-bond donors (Lipinski definition) is 1. The monoisotopic (exact) mass is 403 g/mol. The number of benzene rings is 1. The van der Waals surface area contributed by atoms with Crippen molar-refractivity contribution in [2.45, 2.75) is 51.8 Å². The Morgan fingerprint density at radius 2 is 1.88 bits per heavy atom. The number of nitrogens with zero attached hydrogens (tertiary/aromatic N) is 2. The molecule has 3 atom stereocenters. The highest BCUT2D eigenvalue weighted by Crippen LogP contribution is 2.63. The molecule has 1 aliphatic heterocycles. The predicted molar refractivity (Wildman–Crippen MR) is 105 cm³/mol. The van der Waals surface area contributed by atoms with Crippen molar-refractivity contribution in [3.63, 3.8) is 0 Å². The molecule has 1 aromatic rings. The van der Waals surface area contributed by atoms with Gasteiger partial charge in [0, 0.05) is 22.6 Å². The maximum absolute atomic E-state index is 6.22. The highest BCUT2D eigenvalue weighted by atomic mass is 79.9. The molecule has 5 heteroatoms. The normalized spacial score (nSPS) is 39.6. The topological polar surface area (TPSA) is 60.0 Å². The van der Waals surface area contributed by atoms with Gasteiger partial charge in [0.15, 0.2) is 5.66 Å². The Labute approximate surface area is 158 Å². The first kappa shape index (κ1) is 17.2. The van der Waals surface area contributed by atoms with Crippen LogP contribution in [0.3, 0.4) is 0 Å². The molecule has 1 fully saturated rings. The zero-order valence-corrected chi connectivity index (χ0v) is 16.9. The Morgan fingerprint density at radius 3 is 2.44 bits per heavy atom. The van der Waals surface area contributed by atoms with Gasteiger partial charge in [0.2, 0.25) is 0 Å². The number of halogens is 1. The largest absolute Gasteiger partial charge is 0.382 e. The van der Waals surface area contributed by atoms with Gasteiger partial charge in [0.25, 0.3) is 0 Å². The molecule has 1 saturated carbocycles. The van der Waals surface area contributed by atoms with Crippen molar-refractivity contribution < 1.29 is 4.74 Å². The lowest BCUT2D eigenvalue weighted by molar-refractivity contribution is -0.0729. The first-order valence-electron chi connectivity index (χ1n) is 9.06. The summed E-state index contributed by atoms with van der Waals surface area (Å²) >= 11 is 3.63. The van der Waals surface area contributed by atoms with Gasteiger partial charge in [-0.3, -0.25) is 4.99 Å². The van der Waals surface area contributed by atoms with Crippen LogP contribution in [-0.2, 0) is 16.8 Å². The molecule has 1 heterocycles. The predicted octanol–water partition coefficient (Wildman–Crippen LogP) is 4.06. The second-order valence-corrected chi connectivity index (χ2v) is 9.10. The molecular weight excluding hydrogens is 378 g/mol. The Hall–Kier alpha value is -1.20. The number of methoxy groups -OCH3 is 1. The standard InChI is InChI=1S/C20H26BrN3O/c1-11-8-19(9-12(2)17(11)25-4)10-14-5-6-15(21)7-16(14)20(19)23-13(3)18(22)24-20/h5-7,11-12,17H,8-10H2,1-4H3,(H2,22,24). The first-order valence-corrected chi connectivity index (χ1v) is 9.85. The molecule has 134 valence electrons. The van der Waals surface area contributed by atoms with Crippen molar-refractivity contribution in [1.29, 1.82) is 0 Å². The quantitative estimate of drug-likeness (QED) is 0.768. The lowest BCUT2D eigenvalue weighted by Gasteiger charge is -2.49. The van der Waals surface area contributed by atoms with E-state index in [4.69, 9.17) is 20.5 Å². The lowest BCUT2D eigenvalue weighted by Crippen LogP contribution is -2.49. The van der Waals surface area contributed by atoms with Gasteiger partial charge < -0.3 is 10.5 Å². The van der Waals surface area contributed by atoms with E-state index in [1.807, 2.05) is 14.0 Å². The molecule has 2 spiro atoms. The van der Waals surface area contributed by atoms with E-state index in [0.717, 1.165) is 29.4 Å². The van der Waals surface area contributed by atoms with Crippen LogP contribution >= 0.6 is 15.9 Å². The Bertz CT molecular complexity index is 755. The number of fused-ring (bicyclic) bond motifs is 3. The zero-order valence-electron chi connectivity index (χ0n) is 15.3. The van der Waals surface area contributed by atoms with Crippen LogP contribution in [0, 0.1) is 17.3 Å². The van der Waals surface area contributed by atoms with E-state index in [-0.39, 0.29) is 5.41 Å². The van der Waals surface area contributed by atoms with Gasteiger partial charge in [-0.05, 0) is 55.7 Å². The Balaban J connectivity index is 1.90. The molecule has 3 aliphatic rings. The molecule has 0 amide bonds. The molecule has 25 heavy (non-hydrogen) atoms. The van der Waals surface area contributed by atoms with Crippen molar-refractivity contribution in [3.05, 3.63) is 33.8 Å². The molecule has 0 aromatic heterocycles. The number of aliphatic imine (C=N–C) groups is 2. The van der Waals surface area contributed by atoms with Crippen LogP contribution in [-0.4, -0.2) is 24.8 Å². The summed E-state index contributed by atoms with van der Waals surface area (Å²) < 4.78 is 6.88. The van der Waals surface area contributed by atoms with Crippen molar-refractivity contribution in [3.8, 4) is 0 Å². The van der Waals surface area contributed by atoms with Gasteiger partial charge in [0.05, 0.1) is 11.8 Å². The van der Waals surface area contributed by atoms with Crippen LogP contribution in [0.5, 0.6) is 0 Å². The van der Waals surface area contributed by atoms with E-state index in [1.54, 1.807) is 0 Å². The average molecular weight is 404 g/mol. The van der Waals surface area contributed by atoms with Crippen molar-refractivity contribution in [2.75, 3.05) is 7.11 Å². The van der Waals surface area contributed by atoms with E-state index >= 15 is 0 Å². The van der Waals surface area contributed by atoms with E-state index in [0.29, 0.717) is 23.8 Å². The van der Waals surface area contributed by atoms with E-state index in [1.165, 1.54) is 11.1 Å². The van der Waals surface area contributed by atoms with Crippen LogP contribution in [0.1, 0.15) is 44.7 Å². The maximum Gasteiger partial charge on any atom is 0.184 e. The summed E-state index contributed by atoms with van der Waals surface area (Å²) in [5.74, 6) is 1.52. The van der Waals surface area contributed by atoms with Gasteiger partial charge in [-0.25, -0.2) is 4.99 Å². The highest BCUT2D eigenvalue weighted by molar-refractivity contribution is 9.10. The third kappa shape index (κ3) is 2.28. The lowest BCUT2D eigenvalue weighted by atomic mass is 9.59. The van der Waals surface area contributed by atoms with Gasteiger partial charge in [-0.2, -0.15) is 0 Å². The SMILES string of the molecule is COC1C(C)CC2(Cc3ccc(Br)cc3C23N=C(C)C(N)=N3)CC1C. The molecule has 4 rings (SSSR count). The Morgan fingerprint density at radius 1 is 1.20 bits per heavy atom. The number of amidine groups is 1. The summed E-state index contributed by atoms with van der Waals surface area (Å²) in [6, 6.07) is 6.54. The molecule has 0 radical (unpaired) electrons. The van der Waals surface area contributed by atoms with Crippen LogP contribution < -0.4 is 5.73 Å². The molecule has 0 saturated heterocycles. The highest BCUT2D eigenvalue weighted by Gasteiger charge is 2.62. The minimum Gasteiger partial charge on any atom is -0.382 e. The first-order chi connectivity index (χ1) is 11.8. The molecule has 2 aliphatic carbocycles. The van der Waals surface area contributed by atoms with Crippen molar-refractivity contribution >= 4 is 27.5 Å². The minimum atomic E-state index is -0.568. The molecule has 1 aromatic carbocycles. The minimum absolute atomic E-state index is 0.0215. The summed E-state index contributed by atoms with van der Waals surface area (Å²) in [4.78, 5) is 10.1. The maximum atomic E-state index is 6.22. The number of rotatable bonds is 1. The summed E-state index contributed by atoms with van der Waals surface area (Å²) in [5, 5.41) is 0. The van der Waals surface area contributed by atoms with Gasteiger partial charge in [0.1, 0.15) is 5.84 Å². The molecule has 3 unspecified atom stereocenters. The van der Waals surface area contributed by atoms with E-state index in [9.17, 15) is 0 Å². The molecule has 0 bridgehead atoms. The number of nitrogens with two attached hydrogens (primary N) is 1. The summed E-state index contributed by atoms with van der Waals surface area (Å²) in [6.45, 7) is 6.58. The second-order valence-electron chi connectivity index (χ2n) is 8.19. The second kappa shape index (κ2) is 5.65. The fraction of sp³-hybridized carbons (Fsp3) is 0.600. The van der Waals surface area contributed by atoms with E-state index < -0.39 is 5.66 Å². The Kier molecular flexibility index (Phi) is 3.89. The van der Waals surface area contributed by atoms with Crippen LogP contribution in [0.4, 0.5) is 0 Å². The van der Waals surface area contributed by atoms with Gasteiger partial charge >= 0.3 is 0 Å². The third-order valence-corrected chi connectivity index (χ3v) is 7.01. The fourth-order valence-corrected chi connectivity index (χ4v) is 6.10.